The Bertz CT molecular complexity index is 100. The summed E-state index contributed by atoms with van der Waals surface area (Å²) in [7, 11) is 0. The Morgan fingerprint density at radius 2 is 1.78 bits per heavy atom. The summed E-state index contributed by atoms with van der Waals surface area (Å²) in [5.41, 5.74) is 0. The average molecular weight is 191 g/mol. The summed E-state index contributed by atoms with van der Waals surface area (Å²) in [5.74, 6) is -1.23. The van der Waals surface area contributed by atoms with E-state index in [0.29, 0.717) is 0 Å². The SMILES string of the molecule is O=C([O-])CCC(=O)[S-].[Co+2]. The summed E-state index contributed by atoms with van der Waals surface area (Å²) in [6, 6.07) is 0. The Morgan fingerprint density at radius 1 is 1.33 bits per heavy atom. The van der Waals surface area contributed by atoms with Crippen molar-refractivity contribution >= 4 is 23.7 Å². The van der Waals surface area contributed by atoms with Gasteiger partial charge in [0.15, 0.2) is 0 Å². The molecule has 0 aromatic rings. The first-order valence-corrected chi connectivity index (χ1v) is 2.43. The first-order chi connectivity index (χ1) is 3.63. The van der Waals surface area contributed by atoms with Crippen molar-refractivity contribution in [2.75, 3.05) is 0 Å². The summed E-state index contributed by atoms with van der Waals surface area (Å²) >= 11 is 4.07. The van der Waals surface area contributed by atoms with Crippen molar-refractivity contribution < 1.29 is 31.5 Å². The van der Waals surface area contributed by atoms with Crippen molar-refractivity contribution in [1.29, 1.82) is 0 Å². The van der Waals surface area contributed by atoms with E-state index >= 15 is 0 Å². The number of carbonyl (C=O) groups excluding carboxylic acids is 2. The molecule has 9 heavy (non-hydrogen) atoms. The molecule has 0 aromatic carbocycles. The molecule has 0 atom stereocenters. The Labute approximate surface area is 68.4 Å². The summed E-state index contributed by atoms with van der Waals surface area (Å²) < 4.78 is 0. The van der Waals surface area contributed by atoms with Crippen LogP contribution in [0.3, 0.4) is 0 Å². The number of hydrogen-bond acceptors (Lipinski definition) is 4. The van der Waals surface area contributed by atoms with E-state index in [9.17, 15) is 14.7 Å². The minimum Gasteiger partial charge on any atom is -0.742 e. The zero-order valence-corrected chi connectivity index (χ0v) is 6.24. The number of hydrogen-bond donors (Lipinski definition) is 0. The van der Waals surface area contributed by atoms with Gasteiger partial charge < -0.3 is 27.3 Å². The molecule has 0 spiro atoms. The van der Waals surface area contributed by atoms with Crippen LogP contribution in [-0.4, -0.2) is 11.1 Å². The number of carboxylic acids is 1. The van der Waals surface area contributed by atoms with Gasteiger partial charge in [-0.2, -0.15) is 0 Å². The molecule has 0 aliphatic carbocycles. The van der Waals surface area contributed by atoms with Gasteiger partial charge in [0.1, 0.15) is 0 Å². The monoisotopic (exact) mass is 191 g/mol. The smallest absolute Gasteiger partial charge is 0.742 e. The molecule has 0 saturated carbocycles. The Kier molecular flexibility index (Phi) is 7.75. The Balaban J connectivity index is 0. The number of aliphatic carboxylic acids is 1. The van der Waals surface area contributed by atoms with Crippen LogP contribution in [-0.2, 0) is 39.0 Å². The molecule has 53 valence electrons. The third-order valence-corrected chi connectivity index (χ3v) is 0.737. The molecule has 0 N–H and O–H groups in total. The number of rotatable bonds is 3. The zero-order valence-electron chi connectivity index (χ0n) is 4.38. The van der Waals surface area contributed by atoms with E-state index in [1.54, 1.807) is 0 Å². The van der Waals surface area contributed by atoms with Crippen LogP contribution in [0.4, 0.5) is 0 Å². The first-order valence-electron chi connectivity index (χ1n) is 2.02. The molecule has 0 bridgehead atoms. The molecule has 0 aliphatic rings. The molecule has 0 amide bonds. The van der Waals surface area contributed by atoms with Crippen LogP contribution in [0, 0.1) is 0 Å². The predicted molar refractivity (Wildman–Crippen MR) is 26.6 cm³/mol. The van der Waals surface area contributed by atoms with E-state index in [2.05, 4.69) is 12.6 Å². The Morgan fingerprint density at radius 3 is 1.89 bits per heavy atom. The van der Waals surface area contributed by atoms with Crippen molar-refractivity contribution in [3.8, 4) is 0 Å². The third-order valence-electron chi connectivity index (χ3n) is 0.533. The molecular weight excluding hydrogens is 187 g/mol. The normalized spacial score (nSPS) is 7.56. The topological polar surface area (TPSA) is 57.2 Å². The molecular formula is C4H4CoO3S. The summed E-state index contributed by atoms with van der Waals surface area (Å²) in [5, 5.41) is 9.06. The first kappa shape index (κ1) is 11.6. The van der Waals surface area contributed by atoms with Crippen LogP contribution in [0.15, 0.2) is 0 Å². The van der Waals surface area contributed by atoms with Gasteiger partial charge >= 0.3 is 16.8 Å². The fourth-order valence-corrected chi connectivity index (χ4v) is 0.306. The van der Waals surface area contributed by atoms with Gasteiger partial charge in [-0.25, -0.2) is 0 Å². The van der Waals surface area contributed by atoms with Gasteiger partial charge in [0.05, 0.1) is 0 Å². The second kappa shape index (κ2) is 5.99. The maximum atomic E-state index is 9.87. The largest absolute Gasteiger partial charge is 2.00 e. The Hall–Kier alpha value is -0.134. The van der Waals surface area contributed by atoms with E-state index in [1.807, 2.05) is 0 Å². The van der Waals surface area contributed by atoms with E-state index in [0.717, 1.165) is 0 Å². The quantitative estimate of drug-likeness (QED) is 0.514. The van der Waals surface area contributed by atoms with Gasteiger partial charge in [-0.1, -0.05) is 0 Å². The summed E-state index contributed by atoms with van der Waals surface area (Å²) in [6.45, 7) is 0. The van der Waals surface area contributed by atoms with Crippen LogP contribution < -0.4 is 5.11 Å². The molecule has 0 rings (SSSR count). The molecule has 0 aliphatic heterocycles. The van der Waals surface area contributed by atoms with Crippen molar-refractivity contribution in [2.24, 2.45) is 0 Å². The van der Waals surface area contributed by atoms with Crippen LogP contribution in [0.5, 0.6) is 0 Å². The summed E-state index contributed by atoms with van der Waals surface area (Å²) in [6.07, 6.45) is -0.361. The molecule has 5 heteroatoms. The predicted octanol–water partition coefficient (Wildman–Crippen LogP) is -1.41. The minimum atomic E-state index is -1.23. The van der Waals surface area contributed by atoms with Gasteiger partial charge in [-0.15, -0.1) is 0 Å². The van der Waals surface area contributed by atoms with Gasteiger partial charge in [0, 0.05) is 11.1 Å². The van der Waals surface area contributed by atoms with Gasteiger partial charge in [0.25, 0.3) is 0 Å². The fourth-order valence-electron chi connectivity index (χ4n) is 0.204. The number of carboxylic acid groups (broad SMARTS) is 1. The molecule has 0 saturated heterocycles. The second-order valence-electron chi connectivity index (χ2n) is 1.24. The second-order valence-corrected chi connectivity index (χ2v) is 1.70. The molecule has 0 unspecified atom stereocenters. The van der Waals surface area contributed by atoms with Crippen molar-refractivity contribution in [3.05, 3.63) is 0 Å². The minimum absolute atomic E-state index is 0. The number of carbonyl (C=O) groups is 2. The van der Waals surface area contributed by atoms with E-state index in [-0.39, 0.29) is 29.6 Å². The van der Waals surface area contributed by atoms with Gasteiger partial charge in [-0.3, -0.25) is 0 Å². The third kappa shape index (κ3) is 11.4. The van der Waals surface area contributed by atoms with Gasteiger partial charge in [0.2, 0.25) is 0 Å². The van der Waals surface area contributed by atoms with Crippen LogP contribution in [0.1, 0.15) is 12.8 Å². The van der Waals surface area contributed by atoms with Crippen LogP contribution in [0.2, 0.25) is 0 Å². The zero-order chi connectivity index (χ0) is 6.57. The van der Waals surface area contributed by atoms with Crippen LogP contribution in [0.25, 0.3) is 0 Å². The average Bonchev–Trinajstić information content (AvgIpc) is 1.61. The van der Waals surface area contributed by atoms with E-state index in [1.165, 1.54) is 0 Å². The fraction of sp³-hybridized carbons (Fsp3) is 0.500. The molecule has 3 nitrogen and oxygen atoms in total. The van der Waals surface area contributed by atoms with E-state index < -0.39 is 11.1 Å². The maximum Gasteiger partial charge on any atom is 2.00 e. The summed E-state index contributed by atoms with van der Waals surface area (Å²) in [4.78, 5) is 19.5. The molecule has 1 radical (unpaired) electrons. The van der Waals surface area contributed by atoms with Crippen molar-refractivity contribution in [1.82, 2.24) is 0 Å². The van der Waals surface area contributed by atoms with Gasteiger partial charge in [-0.05, 0) is 12.8 Å². The van der Waals surface area contributed by atoms with Crippen molar-refractivity contribution in [3.63, 3.8) is 0 Å². The van der Waals surface area contributed by atoms with Crippen molar-refractivity contribution in [2.45, 2.75) is 12.8 Å². The standard InChI is InChI=1S/C4H6O3S.Co/c5-3(6)1-2-4(7)8;/h1-2H2,(H,5,6)(H,7,8);/q;+2/p-2. The van der Waals surface area contributed by atoms with Crippen LogP contribution >= 0.6 is 0 Å². The molecule has 0 heterocycles. The van der Waals surface area contributed by atoms with E-state index in [4.69, 9.17) is 0 Å². The molecule has 0 aromatic heterocycles. The maximum absolute atomic E-state index is 9.87. The molecule has 0 fully saturated rings.